The maximum absolute atomic E-state index is 13.8. The van der Waals surface area contributed by atoms with E-state index in [-0.39, 0.29) is 23.0 Å². The molecule has 0 amide bonds. The van der Waals surface area contributed by atoms with E-state index >= 15 is 0 Å². The average molecular weight is 578 g/mol. The van der Waals surface area contributed by atoms with Crippen molar-refractivity contribution in [3.8, 4) is 28.6 Å². The van der Waals surface area contributed by atoms with Gasteiger partial charge in [0.05, 0.1) is 30.8 Å². The van der Waals surface area contributed by atoms with Crippen molar-refractivity contribution in [1.82, 2.24) is 9.66 Å². The van der Waals surface area contributed by atoms with Crippen LogP contribution in [0.25, 0.3) is 22.3 Å². The van der Waals surface area contributed by atoms with Crippen molar-refractivity contribution in [3.63, 3.8) is 0 Å². The van der Waals surface area contributed by atoms with Gasteiger partial charge in [-0.2, -0.15) is 9.78 Å². The largest absolute Gasteiger partial charge is 0.494 e. The van der Waals surface area contributed by atoms with Gasteiger partial charge in [-0.15, -0.1) is 0 Å². The van der Waals surface area contributed by atoms with Crippen LogP contribution in [-0.4, -0.2) is 46.8 Å². The van der Waals surface area contributed by atoms with Gasteiger partial charge in [-0.25, -0.2) is 9.78 Å². The Morgan fingerprint density at radius 3 is 2.54 bits per heavy atom. The van der Waals surface area contributed by atoms with Crippen molar-refractivity contribution >= 4 is 34.7 Å². The fourth-order valence-corrected chi connectivity index (χ4v) is 4.60. The summed E-state index contributed by atoms with van der Waals surface area (Å²) in [6, 6.07) is 14.1. The van der Waals surface area contributed by atoms with Gasteiger partial charge in [0.15, 0.2) is 23.4 Å². The number of ether oxygens (including phenoxy) is 3. The van der Waals surface area contributed by atoms with Crippen LogP contribution < -0.4 is 19.8 Å². The molecule has 3 aromatic carbocycles. The van der Waals surface area contributed by atoms with E-state index in [2.05, 4.69) is 18.9 Å². The van der Waals surface area contributed by atoms with Crippen molar-refractivity contribution in [2.45, 2.75) is 46.6 Å². The lowest BCUT2D eigenvalue weighted by atomic mass is 9.96. The van der Waals surface area contributed by atoms with Crippen LogP contribution in [0.1, 0.15) is 50.3 Å². The summed E-state index contributed by atoms with van der Waals surface area (Å²) < 4.78 is 18.2. The summed E-state index contributed by atoms with van der Waals surface area (Å²) in [6.07, 6.45) is 0.200. The first kappa shape index (κ1) is 29.6. The fourth-order valence-electron chi connectivity index (χ4n) is 4.39. The number of rotatable bonds is 10. The SMILES string of the molecule is CCOc1cc(C)c(-c2nc3ccccc3c(=O)n2N=Cc2cc(Cl)cc(OC)c2O[C@@H](C)C(=O)O)cc1C(C)C. The molecule has 0 aliphatic carbocycles. The molecule has 41 heavy (non-hydrogen) atoms. The summed E-state index contributed by atoms with van der Waals surface area (Å²) in [6.45, 7) is 9.93. The number of methoxy groups -OCH3 is 1. The number of nitrogens with zero attached hydrogens (tertiary/aromatic N) is 3. The van der Waals surface area contributed by atoms with Crippen molar-refractivity contribution in [2.75, 3.05) is 13.7 Å². The summed E-state index contributed by atoms with van der Waals surface area (Å²) in [5.41, 5.74) is 3.02. The quantitative estimate of drug-likeness (QED) is 0.220. The minimum Gasteiger partial charge on any atom is -0.494 e. The second-order valence-corrected chi connectivity index (χ2v) is 10.2. The zero-order valence-electron chi connectivity index (χ0n) is 23.8. The molecule has 1 N–H and O–H groups in total. The number of aromatic nitrogens is 2. The van der Waals surface area contributed by atoms with E-state index in [1.165, 1.54) is 31.0 Å². The Kier molecular flexibility index (Phi) is 8.98. The number of benzene rings is 3. The van der Waals surface area contributed by atoms with E-state index in [1.54, 1.807) is 24.3 Å². The number of halogens is 1. The van der Waals surface area contributed by atoms with Gasteiger partial charge in [0, 0.05) is 22.2 Å². The molecular weight excluding hydrogens is 546 g/mol. The molecular formula is C31H32ClN3O6. The average Bonchev–Trinajstić information content (AvgIpc) is 2.93. The molecule has 0 spiro atoms. The lowest BCUT2D eigenvalue weighted by molar-refractivity contribution is -0.144. The van der Waals surface area contributed by atoms with E-state index < -0.39 is 12.1 Å². The standard InChI is InChI=1S/C31H32ClN3O6/c1-7-40-26-12-18(4)24(15-23(26)17(2)3)29-34-25-11-9-8-10-22(25)30(36)35(29)33-16-20-13-21(32)14-27(39-6)28(20)41-19(5)31(37)38/h8-17,19H,7H2,1-6H3,(H,37,38)/t19-/m0/s1. The van der Waals surface area contributed by atoms with E-state index in [1.807, 2.05) is 32.0 Å². The van der Waals surface area contributed by atoms with Crippen LogP contribution in [0, 0.1) is 6.92 Å². The Bertz CT molecular complexity index is 1700. The normalized spacial score (nSPS) is 12.2. The second kappa shape index (κ2) is 12.4. The molecule has 0 saturated heterocycles. The van der Waals surface area contributed by atoms with Gasteiger partial charge in [0.25, 0.3) is 5.56 Å². The number of carboxylic acid groups (broad SMARTS) is 1. The maximum Gasteiger partial charge on any atom is 0.344 e. The highest BCUT2D eigenvalue weighted by molar-refractivity contribution is 6.31. The molecule has 0 unspecified atom stereocenters. The smallest absolute Gasteiger partial charge is 0.344 e. The van der Waals surface area contributed by atoms with Crippen LogP contribution in [-0.2, 0) is 4.79 Å². The van der Waals surface area contributed by atoms with Crippen molar-refractivity contribution < 1.29 is 24.1 Å². The molecule has 0 radical (unpaired) electrons. The Morgan fingerprint density at radius 2 is 1.88 bits per heavy atom. The lowest BCUT2D eigenvalue weighted by Gasteiger charge is -2.18. The van der Waals surface area contributed by atoms with Crippen LogP contribution >= 0.6 is 11.6 Å². The molecule has 0 aliphatic heterocycles. The first-order chi connectivity index (χ1) is 19.5. The summed E-state index contributed by atoms with van der Waals surface area (Å²) >= 11 is 6.32. The molecule has 9 nitrogen and oxygen atoms in total. The first-order valence-electron chi connectivity index (χ1n) is 13.2. The highest BCUT2D eigenvalue weighted by Gasteiger charge is 2.21. The zero-order valence-corrected chi connectivity index (χ0v) is 24.5. The Morgan fingerprint density at radius 1 is 1.15 bits per heavy atom. The predicted octanol–water partition coefficient (Wildman–Crippen LogP) is 6.29. The monoisotopic (exact) mass is 577 g/mol. The third-order valence-electron chi connectivity index (χ3n) is 6.50. The Labute approximate surface area is 243 Å². The second-order valence-electron chi connectivity index (χ2n) is 9.73. The number of aryl methyl sites for hydroxylation is 1. The van der Waals surface area contributed by atoms with Gasteiger partial charge in [-0.1, -0.05) is 37.6 Å². The van der Waals surface area contributed by atoms with Gasteiger partial charge in [-0.3, -0.25) is 4.79 Å². The van der Waals surface area contributed by atoms with Gasteiger partial charge in [-0.05, 0) is 68.1 Å². The van der Waals surface area contributed by atoms with E-state index in [4.69, 9.17) is 30.8 Å². The molecule has 0 aliphatic rings. The highest BCUT2D eigenvalue weighted by atomic mass is 35.5. The van der Waals surface area contributed by atoms with E-state index in [0.717, 1.165) is 22.4 Å². The first-order valence-corrected chi connectivity index (χ1v) is 13.5. The molecule has 0 saturated carbocycles. The molecule has 1 atom stereocenters. The van der Waals surface area contributed by atoms with Crippen molar-refractivity contribution in [2.24, 2.45) is 5.10 Å². The topological polar surface area (TPSA) is 112 Å². The number of hydrogen-bond donors (Lipinski definition) is 1. The Balaban J connectivity index is 1.98. The highest BCUT2D eigenvalue weighted by Crippen LogP contribution is 2.36. The van der Waals surface area contributed by atoms with Crippen LogP contribution in [0.4, 0.5) is 0 Å². The minimum atomic E-state index is -1.18. The van der Waals surface area contributed by atoms with Crippen LogP contribution in [0.5, 0.6) is 17.2 Å². The van der Waals surface area contributed by atoms with Crippen molar-refractivity contribution in [3.05, 3.63) is 80.6 Å². The summed E-state index contributed by atoms with van der Waals surface area (Å²) in [5, 5.41) is 14.7. The molecule has 1 heterocycles. The van der Waals surface area contributed by atoms with Crippen LogP contribution in [0.3, 0.4) is 0 Å². The summed E-state index contributed by atoms with van der Waals surface area (Å²) in [7, 11) is 1.42. The minimum absolute atomic E-state index is 0.123. The van der Waals surface area contributed by atoms with Crippen LogP contribution in [0.15, 0.2) is 58.4 Å². The maximum atomic E-state index is 13.8. The zero-order chi connectivity index (χ0) is 29.8. The molecule has 1 aromatic heterocycles. The summed E-state index contributed by atoms with van der Waals surface area (Å²) in [4.78, 5) is 30.2. The number of fused-ring (bicyclic) bond motifs is 1. The van der Waals surface area contributed by atoms with Crippen LogP contribution in [0.2, 0.25) is 5.02 Å². The predicted molar refractivity (Wildman–Crippen MR) is 160 cm³/mol. The molecule has 0 bridgehead atoms. The number of carboxylic acids is 1. The number of para-hydroxylation sites is 1. The van der Waals surface area contributed by atoms with Gasteiger partial charge < -0.3 is 19.3 Å². The third kappa shape index (κ3) is 6.20. The molecule has 214 valence electrons. The van der Waals surface area contributed by atoms with Gasteiger partial charge >= 0.3 is 5.97 Å². The van der Waals surface area contributed by atoms with E-state index in [0.29, 0.717) is 33.9 Å². The third-order valence-corrected chi connectivity index (χ3v) is 6.71. The lowest BCUT2D eigenvalue weighted by Crippen LogP contribution is -2.24. The Hall–Kier alpha value is -4.37. The van der Waals surface area contributed by atoms with Gasteiger partial charge in [0.2, 0.25) is 0 Å². The number of hydrogen-bond acceptors (Lipinski definition) is 7. The molecule has 4 rings (SSSR count). The van der Waals surface area contributed by atoms with Crippen molar-refractivity contribution in [1.29, 1.82) is 0 Å². The van der Waals surface area contributed by atoms with E-state index in [9.17, 15) is 14.7 Å². The molecule has 0 fully saturated rings. The number of carbonyl (C=O) groups is 1. The number of aliphatic carboxylic acids is 1. The molecule has 4 aromatic rings. The molecule has 10 heteroatoms. The fraction of sp³-hybridized carbons (Fsp3) is 0.290. The van der Waals surface area contributed by atoms with Gasteiger partial charge in [0.1, 0.15) is 5.75 Å². The summed E-state index contributed by atoms with van der Waals surface area (Å²) in [5.74, 6) is 0.451.